The predicted octanol–water partition coefficient (Wildman–Crippen LogP) is 5.20. The van der Waals surface area contributed by atoms with Gasteiger partial charge in [-0.05, 0) is 25.2 Å². The molecule has 2 aromatic heterocycles. The molecule has 0 radical (unpaired) electrons. The molecule has 2 N–H and O–H groups in total. The van der Waals surface area contributed by atoms with Gasteiger partial charge in [0, 0.05) is 54.4 Å². The minimum atomic E-state index is -2.77. The fourth-order valence-corrected chi connectivity index (χ4v) is 3.62. The Balaban J connectivity index is 1.57. The van der Waals surface area contributed by atoms with Gasteiger partial charge in [0.05, 0.1) is 18.2 Å². The molecule has 210 valence electrons. The van der Waals surface area contributed by atoms with E-state index in [1.807, 2.05) is 0 Å². The van der Waals surface area contributed by atoms with Crippen LogP contribution in [0.5, 0.6) is 28.7 Å². The Morgan fingerprint density at radius 3 is 2.42 bits per heavy atom. The molecule has 0 saturated carbocycles. The number of nitrogens with one attached hydrogen (secondary N) is 2. The molecular weight excluding hydrogens is 536 g/mol. The number of carbonyl (C=O) groups excluding carboxylic acids is 1. The van der Waals surface area contributed by atoms with Crippen LogP contribution in [0.1, 0.15) is 10.4 Å². The smallest absolute Gasteiger partial charge is 0.272 e. The first-order valence-electron chi connectivity index (χ1n) is 11.9. The summed E-state index contributed by atoms with van der Waals surface area (Å²) in [5.74, 6) is -3.08. The molecule has 0 fully saturated rings. The molecule has 4 rings (SSSR count). The first kappa shape index (κ1) is 28.4. The summed E-state index contributed by atoms with van der Waals surface area (Å²) in [6.07, 6.45) is 0.977. The normalized spacial score (nSPS) is 11.0. The average Bonchev–Trinajstić information content (AvgIpc) is 2.93. The number of likely N-dealkylation sites (N-methyl/N-ethyl adjacent to an activating group) is 1. The summed E-state index contributed by atoms with van der Waals surface area (Å²) in [7, 11) is 3.24. The molecule has 13 heteroatoms. The number of aromatic nitrogens is 2. The van der Waals surface area contributed by atoms with Crippen LogP contribution in [0.25, 0.3) is 10.9 Å². The Kier molecular flexibility index (Phi) is 9.17. The average molecular weight is 561 g/mol. The fraction of sp³-hybridized carbons (Fsp3) is 0.222. The van der Waals surface area contributed by atoms with Gasteiger partial charge in [-0.15, -0.1) is 0 Å². The summed E-state index contributed by atoms with van der Waals surface area (Å²) >= 11 is 0. The number of fused-ring (bicyclic) bond motifs is 1. The molecule has 0 atom stereocenters. The number of anilines is 1. The van der Waals surface area contributed by atoms with Crippen molar-refractivity contribution in [3.8, 4) is 28.7 Å². The van der Waals surface area contributed by atoms with Crippen LogP contribution in [-0.4, -0.2) is 56.2 Å². The minimum absolute atomic E-state index is 0.0934. The summed E-state index contributed by atoms with van der Waals surface area (Å²) in [5.41, 5.74) is -0.0137. The highest BCUT2D eigenvalue weighted by Gasteiger charge is 2.20. The zero-order chi connectivity index (χ0) is 28.6. The quantitative estimate of drug-likeness (QED) is 0.180. The minimum Gasteiger partial charge on any atom is -0.493 e. The molecule has 40 heavy (non-hydrogen) atoms. The third kappa shape index (κ3) is 6.67. The first-order chi connectivity index (χ1) is 19.3. The molecule has 1 amide bonds. The topological polar surface area (TPSA) is 104 Å². The molecule has 4 aromatic rings. The molecule has 0 bridgehead atoms. The van der Waals surface area contributed by atoms with Crippen molar-refractivity contribution in [1.29, 1.82) is 0 Å². The van der Waals surface area contributed by atoms with E-state index in [1.54, 1.807) is 19.2 Å². The highest BCUT2D eigenvalue weighted by molar-refractivity contribution is 6.06. The van der Waals surface area contributed by atoms with Gasteiger partial charge in [-0.3, -0.25) is 14.8 Å². The summed E-state index contributed by atoms with van der Waals surface area (Å²) in [4.78, 5) is 20.7. The molecule has 0 unspecified atom stereocenters. The lowest BCUT2D eigenvalue weighted by Crippen LogP contribution is -2.16. The lowest BCUT2D eigenvalue weighted by molar-refractivity contribution is 0.0802. The lowest BCUT2D eigenvalue weighted by atomic mass is 10.1. The van der Waals surface area contributed by atoms with Gasteiger partial charge in [-0.25, -0.2) is 17.6 Å². The standard InChI is InChI=1S/C27H24F4N4O5/c1-32-7-8-38-24-12-20-16(11-23(24)37-2)22(4-6-34-20)40-26-18(28)9-15(10-19(26)29)35-27(36)17-13-33-5-3-21(17)39-14-25(30)31/h3-6,9-13,25,32H,7-8,14H2,1-2H3,(H,35,36). The van der Waals surface area contributed by atoms with Gasteiger partial charge in [0.1, 0.15) is 24.7 Å². The third-order valence-electron chi connectivity index (χ3n) is 5.46. The molecule has 2 heterocycles. The van der Waals surface area contributed by atoms with Gasteiger partial charge in [0.25, 0.3) is 12.3 Å². The zero-order valence-electron chi connectivity index (χ0n) is 21.3. The van der Waals surface area contributed by atoms with E-state index >= 15 is 8.78 Å². The number of benzene rings is 2. The Labute approximate surface area is 226 Å². The fourth-order valence-electron chi connectivity index (χ4n) is 3.62. The van der Waals surface area contributed by atoms with Crippen LogP contribution < -0.4 is 29.6 Å². The van der Waals surface area contributed by atoms with Crippen molar-refractivity contribution in [1.82, 2.24) is 15.3 Å². The maximum Gasteiger partial charge on any atom is 0.272 e. The van der Waals surface area contributed by atoms with Crippen LogP contribution in [0.2, 0.25) is 0 Å². The van der Waals surface area contributed by atoms with Crippen LogP contribution in [0, 0.1) is 11.6 Å². The van der Waals surface area contributed by atoms with E-state index in [1.165, 1.54) is 31.6 Å². The Morgan fingerprint density at radius 1 is 0.975 bits per heavy atom. The van der Waals surface area contributed by atoms with Crippen molar-refractivity contribution >= 4 is 22.5 Å². The summed E-state index contributed by atoms with van der Waals surface area (Å²) in [6.45, 7) is 0.0289. The number of rotatable bonds is 12. The number of nitrogens with zero attached hydrogens (tertiary/aromatic N) is 2. The highest BCUT2D eigenvalue weighted by Crippen LogP contribution is 2.38. The molecule has 0 aliphatic rings. The zero-order valence-corrected chi connectivity index (χ0v) is 21.3. The molecule has 0 spiro atoms. The second-order valence-electron chi connectivity index (χ2n) is 8.18. The Hall–Kier alpha value is -4.65. The number of halogens is 4. The van der Waals surface area contributed by atoms with E-state index in [4.69, 9.17) is 18.9 Å². The van der Waals surface area contributed by atoms with E-state index in [0.29, 0.717) is 35.6 Å². The van der Waals surface area contributed by atoms with Crippen molar-refractivity contribution in [2.45, 2.75) is 6.43 Å². The molecule has 9 nitrogen and oxygen atoms in total. The lowest BCUT2D eigenvalue weighted by Gasteiger charge is -2.15. The van der Waals surface area contributed by atoms with Crippen LogP contribution in [0.15, 0.2) is 55.0 Å². The maximum absolute atomic E-state index is 15.0. The molecular formula is C27H24F4N4O5. The number of amides is 1. The summed E-state index contributed by atoms with van der Waals surface area (Å²) in [5, 5.41) is 5.68. The van der Waals surface area contributed by atoms with E-state index in [-0.39, 0.29) is 22.7 Å². The molecule has 0 aliphatic carbocycles. The van der Waals surface area contributed by atoms with Crippen molar-refractivity contribution in [3.05, 3.63) is 72.2 Å². The van der Waals surface area contributed by atoms with E-state index in [9.17, 15) is 13.6 Å². The number of ether oxygens (including phenoxy) is 4. The number of pyridine rings is 2. The monoisotopic (exact) mass is 560 g/mol. The van der Waals surface area contributed by atoms with Gasteiger partial charge in [0.2, 0.25) is 0 Å². The SMILES string of the molecule is CNCCOc1cc2nccc(Oc3c(F)cc(NC(=O)c4cnccc4OCC(F)F)cc3F)c2cc1OC. The van der Waals surface area contributed by atoms with Crippen LogP contribution >= 0.6 is 0 Å². The predicted molar refractivity (Wildman–Crippen MR) is 138 cm³/mol. The van der Waals surface area contributed by atoms with Crippen LogP contribution in [0.3, 0.4) is 0 Å². The van der Waals surface area contributed by atoms with E-state index < -0.39 is 36.3 Å². The largest absolute Gasteiger partial charge is 0.493 e. The first-order valence-corrected chi connectivity index (χ1v) is 11.9. The molecule has 2 aromatic carbocycles. The molecule has 0 aliphatic heterocycles. The second kappa shape index (κ2) is 12.9. The van der Waals surface area contributed by atoms with Gasteiger partial charge in [0.15, 0.2) is 28.9 Å². The van der Waals surface area contributed by atoms with Gasteiger partial charge >= 0.3 is 0 Å². The van der Waals surface area contributed by atoms with Gasteiger partial charge in [-0.1, -0.05) is 0 Å². The summed E-state index contributed by atoms with van der Waals surface area (Å²) in [6, 6.07) is 7.56. The Morgan fingerprint density at radius 2 is 1.73 bits per heavy atom. The van der Waals surface area contributed by atoms with Crippen LogP contribution in [-0.2, 0) is 0 Å². The van der Waals surface area contributed by atoms with Crippen molar-refractivity contribution in [3.63, 3.8) is 0 Å². The highest BCUT2D eigenvalue weighted by atomic mass is 19.3. The Bertz CT molecular complexity index is 1480. The van der Waals surface area contributed by atoms with Gasteiger partial charge < -0.3 is 29.6 Å². The summed E-state index contributed by atoms with van der Waals surface area (Å²) < 4.78 is 76.7. The number of hydrogen-bond acceptors (Lipinski definition) is 8. The van der Waals surface area contributed by atoms with Crippen molar-refractivity contribution < 1.29 is 41.3 Å². The van der Waals surface area contributed by atoms with Crippen LogP contribution in [0.4, 0.5) is 23.2 Å². The number of methoxy groups -OCH3 is 1. The van der Waals surface area contributed by atoms with Gasteiger partial charge in [-0.2, -0.15) is 0 Å². The maximum atomic E-state index is 15.0. The molecule has 0 saturated heterocycles. The third-order valence-corrected chi connectivity index (χ3v) is 5.46. The van der Waals surface area contributed by atoms with Crippen molar-refractivity contribution in [2.75, 3.05) is 39.2 Å². The second-order valence-corrected chi connectivity index (χ2v) is 8.18. The van der Waals surface area contributed by atoms with E-state index in [2.05, 4.69) is 20.6 Å². The van der Waals surface area contributed by atoms with E-state index in [0.717, 1.165) is 18.3 Å². The van der Waals surface area contributed by atoms with Crippen molar-refractivity contribution in [2.24, 2.45) is 0 Å². The number of carbonyl (C=O) groups is 1. The number of hydrogen-bond donors (Lipinski definition) is 2. The number of alkyl halides is 2.